The number of ether oxygens (including phenoxy) is 3. The maximum atomic E-state index is 12.3. The smallest absolute Gasteiger partial charge is 0.233 e. The molecular weight excluding hydrogens is 274 g/mol. The van der Waals surface area contributed by atoms with Crippen molar-refractivity contribution in [1.29, 1.82) is 0 Å². The zero-order chi connectivity index (χ0) is 14.7. The standard InChI is InChI=1S/C14H19N3O4/c1-19-12-2-3-13(16-15-12)21-11-4-6-17(8-11)14(18)10-5-7-20-9-10/h2-3,10-11H,4-9H2,1H3/t10-,11+/m1/s1. The lowest BCUT2D eigenvalue weighted by atomic mass is 10.1. The number of hydrogen-bond donors (Lipinski definition) is 0. The SMILES string of the molecule is COc1ccc(O[C@H]2CCN(C(=O)[C@@H]3CCOC3)C2)nn1. The summed E-state index contributed by atoms with van der Waals surface area (Å²) in [5.41, 5.74) is 0. The summed E-state index contributed by atoms with van der Waals surface area (Å²) in [5, 5.41) is 7.80. The first kappa shape index (κ1) is 14.1. The third-order valence-electron chi connectivity index (χ3n) is 3.85. The Kier molecular flexibility index (Phi) is 4.19. The average Bonchev–Trinajstić information content (AvgIpc) is 3.19. The molecule has 0 unspecified atom stereocenters. The summed E-state index contributed by atoms with van der Waals surface area (Å²) >= 11 is 0. The lowest BCUT2D eigenvalue weighted by molar-refractivity contribution is -0.134. The number of hydrogen-bond acceptors (Lipinski definition) is 6. The summed E-state index contributed by atoms with van der Waals surface area (Å²) < 4.78 is 16.0. The number of carbonyl (C=O) groups is 1. The van der Waals surface area contributed by atoms with Gasteiger partial charge in [0.05, 0.1) is 26.2 Å². The summed E-state index contributed by atoms with van der Waals surface area (Å²) in [7, 11) is 1.54. The lowest BCUT2D eigenvalue weighted by Gasteiger charge is -2.19. The van der Waals surface area contributed by atoms with Gasteiger partial charge in [-0.15, -0.1) is 10.2 Å². The third-order valence-corrected chi connectivity index (χ3v) is 3.85. The Bertz CT molecular complexity index is 487. The van der Waals surface area contributed by atoms with Gasteiger partial charge in [0.1, 0.15) is 6.10 Å². The van der Waals surface area contributed by atoms with Gasteiger partial charge >= 0.3 is 0 Å². The predicted molar refractivity (Wildman–Crippen MR) is 73.1 cm³/mol. The number of amides is 1. The van der Waals surface area contributed by atoms with Crippen molar-refractivity contribution in [1.82, 2.24) is 15.1 Å². The van der Waals surface area contributed by atoms with Crippen LogP contribution in [0, 0.1) is 5.92 Å². The van der Waals surface area contributed by atoms with E-state index in [9.17, 15) is 4.79 Å². The first-order chi connectivity index (χ1) is 10.3. The van der Waals surface area contributed by atoms with E-state index in [4.69, 9.17) is 14.2 Å². The van der Waals surface area contributed by atoms with Gasteiger partial charge in [0.2, 0.25) is 17.7 Å². The third kappa shape index (κ3) is 3.24. The number of nitrogens with zero attached hydrogens (tertiary/aromatic N) is 3. The van der Waals surface area contributed by atoms with E-state index in [2.05, 4.69) is 10.2 Å². The van der Waals surface area contributed by atoms with Crippen LogP contribution in [0.2, 0.25) is 0 Å². The first-order valence-corrected chi connectivity index (χ1v) is 7.17. The minimum absolute atomic E-state index is 0.0181. The van der Waals surface area contributed by atoms with Crippen LogP contribution in [0.1, 0.15) is 12.8 Å². The van der Waals surface area contributed by atoms with Gasteiger partial charge in [0, 0.05) is 31.7 Å². The van der Waals surface area contributed by atoms with Crippen molar-refractivity contribution in [3.05, 3.63) is 12.1 Å². The van der Waals surface area contributed by atoms with Crippen LogP contribution < -0.4 is 9.47 Å². The van der Waals surface area contributed by atoms with Gasteiger partial charge in [-0.25, -0.2) is 0 Å². The summed E-state index contributed by atoms with van der Waals surface area (Å²) in [6.07, 6.45) is 1.61. The van der Waals surface area contributed by atoms with Crippen LogP contribution in [0.3, 0.4) is 0 Å². The molecule has 0 spiro atoms. The Labute approximate surface area is 123 Å². The summed E-state index contributed by atoms with van der Waals surface area (Å²) in [6.45, 7) is 2.56. The second kappa shape index (κ2) is 6.26. The molecule has 1 amide bonds. The molecule has 7 nitrogen and oxygen atoms in total. The molecule has 2 atom stereocenters. The van der Waals surface area contributed by atoms with E-state index < -0.39 is 0 Å². The lowest BCUT2D eigenvalue weighted by Crippen LogP contribution is -2.36. The van der Waals surface area contributed by atoms with Gasteiger partial charge in [-0.05, 0) is 6.42 Å². The molecule has 3 heterocycles. The van der Waals surface area contributed by atoms with Crippen molar-refractivity contribution in [3.8, 4) is 11.8 Å². The van der Waals surface area contributed by atoms with E-state index >= 15 is 0 Å². The van der Waals surface area contributed by atoms with Crippen molar-refractivity contribution in [2.24, 2.45) is 5.92 Å². The van der Waals surface area contributed by atoms with Gasteiger partial charge in [-0.1, -0.05) is 0 Å². The van der Waals surface area contributed by atoms with E-state index in [1.807, 2.05) is 4.90 Å². The Morgan fingerprint density at radius 2 is 2.14 bits per heavy atom. The number of methoxy groups -OCH3 is 1. The Morgan fingerprint density at radius 1 is 1.33 bits per heavy atom. The molecule has 0 N–H and O–H groups in total. The molecule has 1 aromatic heterocycles. The van der Waals surface area contributed by atoms with Crippen LogP contribution in [0.15, 0.2) is 12.1 Å². The molecule has 114 valence electrons. The number of likely N-dealkylation sites (tertiary alicyclic amines) is 1. The topological polar surface area (TPSA) is 73.8 Å². The van der Waals surface area contributed by atoms with Crippen LogP contribution in [0.5, 0.6) is 11.8 Å². The monoisotopic (exact) mass is 293 g/mol. The molecule has 0 aliphatic carbocycles. The fourth-order valence-electron chi connectivity index (χ4n) is 2.66. The van der Waals surface area contributed by atoms with Crippen molar-refractivity contribution >= 4 is 5.91 Å². The van der Waals surface area contributed by atoms with E-state index in [1.54, 1.807) is 12.1 Å². The summed E-state index contributed by atoms with van der Waals surface area (Å²) in [4.78, 5) is 14.1. The summed E-state index contributed by atoms with van der Waals surface area (Å²) in [5.74, 6) is 1.11. The normalized spacial score (nSPS) is 25.1. The van der Waals surface area contributed by atoms with Crippen LogP contribution in [0.4, 0.5) is 0 Å². The van der Waals surface area contributed by atoms with Crippen LogP contribution in [-0.2, 0) is 9.53 Å². The quantitative estimate of drug-likeness (QED) is 0.805. The molecule has 21 heavy (non-hydrogen) atoms. The Hall–Kier alpha value is -1.89. The average molecular weight is 293 g/mol. The number of aromatic nitrogens is 2. The Balaban J connectivity index is 1.52. The van der Waals surface area contributed by atoms with E-state index in [-0.39, 0.29) is 17.9 Å². The van der Waals surface area contributed by atoms with E-state index in [0.717, 1.165) is 19.4 Å². The van der Waals surface area contributed by atoms with Crippen molar-refractivity contribution in [3.63, 3.8) is 0 Å². The maximum Gasteiger partial charge on any atom is 0.233 e. The maximum absolute atomic E-state index is 12.3. The van der Waals surface area contributed by atoms with E-state index in [1.165, 1.54) is 7.11 Å². The second-order valence-corrected chi connectivity index (χ2v) is 5.29. The first-order valence-electron chi connectivity index (χ1n) is 7.17. The molecule has 2 aliphatic heterocycles. The highest BCUT2D eigenvalue weighted by Crippen LogP contribution is 2.21. The molecule has 0 aromatic carbocycles. The van der Waals surface area contributed by atoms with Gasteiger partial charge < -0.3 is 19.1 Å². The minimum Gasteiger partial charge on any atom is -0.480 e. The molecule has 0 radical (unpaired) electrons. The van der Waals surface area contributed by atoms with E-state index in [0.29, 0.717) is 31.5 Å². The molecular formula is C14H19N3O4. The van der Waals surface area contributed by atoms with Gasteiger partial charge in [0.15, 0.2) is 0 Å². The van der Waals surface area contributed by atoms with Gasteiger partial charge in [0.25, 0.3) is 0 Å². The zero-order valence-electron chi connectivity index (χ0n) is 12.0. The highest BCUT2D eigenvalue weighted by Gasteiger charge is 2.33. The molecule has 7 heteroatoms. The molecule has 2 saturated heterocycles. The van der Waals surface area contributed by atoms with Crippen LogP contribution >= 0.6 is 0 Å². The molecule has 3 rings (SSSR count). The minimum atomic E-state index is -0.0287. The Morgan fingerprint density at radius 3 is 2.81 bits per heavy atom. The highest BCUT2D eigenvalue weighted by molar-refractivity contribution is 5.79. The van der Waals surface area contributed by atoms with Crippen molar-refractivity contribution in [2.45, 2.75) is 18.9 Å². The van der Waals surface area contributed by atoms with Crippen molar-refractivity contribution in [2.75, 3.05) is 33.4 Å². The van der Waals surface area contributed by atoms with Gasteiger partial charge in [-0.2, -0.15) is 0 Å². The number of carbonyl (C=O) groups excluding carboxylic acids is 1. The van der Waals surface area contributed by atoms with Crippen LogP contribution in [0.25, 0.3) is 0 Å². The largest absolute Gasteiger partial charge is 0.480 e. The molecule has 0 saturated carbocycles. The summed E-state index contributed by atoms with van der Waals surface area (Å²) in [6, 6.07) is 3.43. The molecule has 0 bridgehead atoms. The van der Waals surface area contributed by atoms with Crippen molar-refractivity contribution < 1.29 is 19.0 Å². The van der Waals surface area contributed by atoms with Crippen LogP contribution in [-0.4, -0.2) is 60.5 Å². The molecule has 2 fully saturated rings. The molecule has 1 aromatic rings. The van der Waals surface area contributed by atoms with Gasteiger partial charge in [-0.3, -0.25) is 4.79 Å². The molecule has 2 aliphatic rings. The second-order valence-electron chi connectivity index (χ2n) is 5.29. The highest BCUT2D eigenvalue weighted by atomic mass is 16.5. The number of rotatable bonds is 4. The zero-order valence-corrected chi connectivity index (χ0v) is 12.0. The predicted octanol–water partition coefficient (Wildman–Crippen LogP) is 0.501. The fraction of sp³-hybridized carbons (Fsp3) is 0.643. The fourth-order valence-corrected chi connectivity index (χ4v) is 2.66.